The Morgan fingerprint density at radius 3 is 3.00 bits per heavy atom. The molecule has 2 rings (SSSR count). The zero-order chi connectivity index (χ0) is 8.72. The lowest BCUT2D eigenvalue weighted by Gasteiger charge is -1.94. The van der Waals surface area contributed by atoms with Gasteiger partial charge in [0.25, 0.3) is 0 Å². The summed E-state index contributed by atoms with van der Waals surface area (Å²) < 4.78 is 4.94. The first kappa shape index (κ1) is 7.43. The summed E-state index contributed by atoms with van der Waals surface area (Å²) in [6.07, 6.45) is 0. The molecule has 0 saturated heterocycles. The predicted octanol–water partition coefficient (Wildman–Crippen LogP) is 2.50. The molecule has 0 bridgehead atoms. The quantitative estimate of drug-likeness (QED) is 0.683. The van der Waals surface area contributed by atoms with E-state index in [0.29, 0.717) is 5.58 Å². The molecule has 2 aromatic rings. The highest BCUT2D eigenvalue weighted by atomic mass is 35.5. The summed E-state index contributed by atoms with van der Waals surface area (Å²) in [6.45, 7) is 1.80. The van der Waals surface area contributed by atoms with Crippen LogP contribution in [0.3, 0.4) is 0 Å². The van der Waals surface area contributed by atoms with Crippen LogP contribution >= 0.6 is 11.6 Å². The summed E-state index contributed by atoms with van der Waals surface area (Å²) >= 11 is 5.66. The van der Waals surface area contributed by atoms with Gasteiger partial charge in [0.15, 0.2) is 5.58 Å². The fourth-order valence-electron chi connectivity index (χ4n) is 1.07. The molecule has 1 aromatic carbocycles. The van der Waals surface area contributed by atoms with Crippen molar-refractivity contribution in [2.45, 2.75) is 6.92 Å². The number of halogens is 1. The molecule has 0 atom stereocenters. The van der Waals surface area contributed by atoms with Crippen molar-refractivity contribution in [3.8, 4) is 5.75 Å². The van der Waals surface area contributed by atoms with Crippen molar-refractivity contribution in [1.29, 1.82) is 0 Å². The number of phenolic OH excluding ortho intramolecular Hbond substituents is 1. The lowest BCUT2D eigenvalue weighted by atomic mass is 10.2. The third-order valence-corrected chi connectivity index (χ3v) is 2.02. The van der Waals surface area contributed by atoms with Gasteiger partial charge in [0, 0.05) is 11.5 Å². The van der Waals surface area contributed by atoms with Crippen molar-refractivity contribution < 1.29 is 9.63 Å². The third kappa shape index (κ3) is 0.940. The molecule has 3 nitrogen and oxygen atoms in total. The average Bonchev–Trinajstić information content (AvgIpc) is 2.35. The SMILES string of the molecule is Cc1noc2cc(Cl)c(O)cc12. The number of aromatic nitrogens is 1. The summed E-state index contributed by atoms with van der Waals surface area (Å²) in [5, 5.41) is 14.1. The highest BCUT2D eigenvalue weighted by molar-refractivity contribution is 6.32. The number of hydrogen-bond donors (Lipinski definition) is 1. The molecule has 12 heavy (non-hydrogen) atoms. The van der Waals surface area contributed by atoms with Crippen molar-refractivity contribution in [1.82, 2.24) is 5.16 Å². The number of fused-ring (bicyclic) bond motifs is 1. The highest BCUT2D eigenvalue weighted by Gasteiger charge is 2.07. The van der Waals surface area contributed by atoms with Gasteiger partial charge in [-0.05, 0) is 13.0 Å². The lowest BCUT2D eigenvalue weighted by Crippen LogP contribution is -1.71. The van der Waals surface area contributed by atoms with Crippen molar-refractivity contribution in [2.75, 3.05) is 0 Å². The third-order valence-electron chi connectivity index (χ3n) is 1.72. The van der Waals surface area contributed by atoms with Gasteiger partial charge < -0.3 is 9.63 Å². The van der Waals surface area contributed by atoms with E-state index in [2.05, 4.69) is 5.16 Å². The Balaban J connectivity index is 2.87. The van der Waals surface area contributed by atoms with Crippen LogP contribution in [0.1, 0.15) is 5.69 Å². The first-order chi connectivity index (χ1) is 5.68. The second-order valence-electron chi connectivity index (χ2n) is 2.57. The van der Waals surface area contributed by atoms with Gasteiger partial charge in [-0.2, -0.15) is 0 Å². The number of phenols is 1. The number of benzene rings is 1. The van der Waals surface area contributed by atoms with Gasteiger partial charge in [0.1, 0.15) is 5.75 Å². The maximum atomic E-state index is 9.26. The van der Waals surface area contributed by atoms with Crippen molar-refractivity contribution in [2.24, 2.45) is 0 Å². The van der Waals surface area contributed by atoms with Crippen LogP contribution in [0.25, 0.3) is 11.0 Å². The molecule has 1 aromatic heterocycles. The van der Waals surface area contributed by atoms with Crippen LogP contribution in [0.2, 0.25) is 5.02 Å². The van der Waals surface area contributed by atoms with E-state index in [9.17, 15) is 5.11 Å². The van der Waals surface area contributed by atoms with E-state index in [1.165, 1.54) is 0 Å². The van der Waals surface area contributed by atoms with E-state index in [-0.39, 0.29) is 10.8 Å². The van der Waals surface area contributed by atoms with E-state index in [4.69, 9.17) is 16.1 Å². The standard InChI is InChI=1S/C8H6ClNO2/c1-4-5-2-7(11)6(9)3-8(5)12-10-4/h2-3,11H,1H3. The molecule has 0 spiro atoms. The van der Waals surface area contributed by atoms with E-state index >= 15 is 0 Å². The first-order valence-corrected chi connectivity index (χ1v) is 3.81. The lowest BCUT2D eigenvalue weighted by molar-refractivity contribution is 0.449. The van der Waals surface area contributed by atoms with Crippen LogP contribution in [0.15, 0.2) is 16.7 Å². The summed E-state index contributed by atoms with van der Waals surface area (Å²) in [7, 11) is 0. The molecule has 0 saturated carbocycles. The molecule has 0 aliphatic carbocycles. The van der Waals surface area contributed by atoms with E-state index in [1.807, 2.05) is 0 Å². The summed E-state index contributed by atoms with van der Waals surface area (Å²) in [4.78, 5) is 0. The van der Waals surface area contributed by atoms with Gasteiger partial charge in [-0.1, -0.05) is 16.8 Å². The van der Waals surface area contributed by atoms with E-state index < -0.39 is 0 Å². The largest absolute Gasteiger partial charge is 0.506 e. The molecular formula is C8H6ClNO2. The molecule has 1 heterocycles. The molecule has 0 aliphatic rings. The van der Waals surface area contributed by atoms with E-state index in [0.717, 1.165) is 11.1 Å². The van der Waals surface area contributed by atoms with Gasteiger partial charge in [0.2, 0.25) is 0 Å². The number of aryl methyl sites for hydroxylation is 1. The smallest absolute Gasteiger partial charge is 0.168 e. The maximum absolute atomic E-state index is 9.26. The average molecular weight is 184 g/mol. The topological polar surface area (TPSA) is 46.3 Å². The van der Waals surface area contributed by atoms with Gasteiger partial charge in [0.05, 0.1) is 10.7 Å². The second kappa shape index (κ2) is 2.38. The van der Waals surface area contributed by atoms with Gasteiger partial charge in [-0.15, -0.1) is 0 Å². The molecule has 4 heteroatoms. The van der Waals surface area contributed by atoms with Crippen molar-refractivity contribution in [3.63, 3.8) is 0 Å². The van der Waals surface area contributed by atoms with Crippen LogP contribution < -0.4 is 0 Å². The summed E-state index contributed by atoms with van der Waals surface area (Å²) in [6, 6.07) is 3.09. The molecule has 62 valence electrons. The van der Waals surface area contributed by atoms with Crippen LogP contribution in [0.4, 0.5) is 0 Å². The van der Waals surface area contributed by atoms with Crippen molar-refractivity contribution in [3.05, 3.63) is 22.8 Å². The molecule has 0 amide bonds. The van der Waals surface area contributed by atoms with Gasteiger partial charge in [-0.3, -0.25) is 0 Å². The molecule has 0 fully saturated rings. The van der Waals surface area contributed by atoms with Crippen LogP contribution in [-0.4, -0.2) is 10.3 Å². The number of aromatic hydroxyl groups is 1. The molecular weight excluding hydrogens is 178 g/mol. The summed E-state index contributed by atoms with van der Waals surface area (Å²) in [5.74, 6) is 0.0514. The van der Waals surface area contributed by atoms with E-state index in [1.54, 1.807) is 19.1 Å². The highest BCUT2D eigenvalue weighted by Crippen LogP contribution is 2.30. The number of nitrogens with zero attached hydrogens (tertiary/aromatic N) is 1. The normalized spacial score (nSPS) is 10.8. The van der Waals surface area contributed by atoms with Crippen LogP contribution in [0, 0.1) is 6.92 Å². The molecule has 0 unspecified atom stereocenters. The summed E-state index contributed by atoms with van der Waals surface area (Å²) in [5.41, 5.74) is 1.34. The zero-order valence-corrected chi connectivity index (χ0v) is 7.09. The second-order valence-corrected chi connectivity index (χ2v) is 2.97. The van der Waals surface area contributed by atoms with Crippen LogP contribution in [0.5, 0.6) is 5.75 Å². The van der Waals surface area contributed by atoms with Gasteiger partial charge >= 0.3 is 0 Å². The van der Waals surface area contributed by atoms with Crippen LogP contribution in [-0.2, 0) is 0 Å². The van der Waals surface area contributed by atoms with Crippen molar-refractivity contribution >= 4 is 22.6 Å². The Morgan fingerprint density at radius 1 is 1.50 bits per heavy atom. The Morgan fingerprint density at radius 2 is 2.25 bits per heavy atom. The van der Waals surface area contributed by atoms with Gasteiger partial charge in [-0.25, -0.2) is 0 Å². The first-order valence-electron chi connectivity index (χ1n) is 3.43. The Hall–Kier alpha value is -1.22. The Kier molecular flexibility index (Phi) is 1.48. The monoisotopic (exact) mass is 183 g/mol. The number of rotatable bonds is 0. The molecule has 1 N–H and O–H groups in total. The minimum absolute atomic E-state index is 0.0514. The zero-order valence-electron chi connectivity index (χ0n) is 6.34. The maximum Gasteiger partial charge on any atom is 0.168 e. The Bertz CT molecular complexity index is 436. The Labute approximate surface area is 73.5 Å². The minimum Gasteiger partial charge on any atom is -0.506 e. The molecule has 0 aliphatic heterocycles. The predicted molar refractivity (Wildman–Crippen MR) is 45.4 cm³/mol. The fraction of sp³-hybridized carbons (Fsp3) is 0.125. The molecule has 0 radical (unpaired) electrons. The number of hydrogen-bond acceptors (Lipinski definition) is 3. The minimum atomic E-state index is 0.0514. The fourth-order valence-corrected chi connectivity index (χ4v) is 1.22.